The highest BCUT2D eigenvalue weighted by molar-refractivity contribution is 9.10. The third-order valence-electron chi connectivity index (χ3n) is 2.37. The Hall–Kier alpha value is -0.0600. The molecule has 1 rings (SSSR count). The third kappa shape index (κ3) is 4.60. The molecule has 5 heteroatoms. The van der Waals surface area contributed by atoms with E-state index in [1.807, 2.05) is 0 Å². The van der Waals surface area contributed by atoms with E-state index in [0.29, 0.717) is 22.0 Å². The number of benzene rings is 1. The van der Waals surface area contributed by atoms with E-state index in [-0.39, 0.29) is 5.91 Å². The summed E-state index contributed by atoms with van der Waals surface area (Å²) in [6, 6.07) is 5.22. The van der Waals surface area contributed by atoms with Gasteiger partial charge in [0.25, 0.3) is 5.91 Å². The van der Waals surface area contributed by atoms with Gasteiger partial charge < -0.3 is 4.90 Å². The van der Waals surface area contributed by atoms with Gasteiger partial charge in [0, 0.05) is 27.9 Å². The average molecular weight is 384 g/mol. The molecule has 0 radical (unpaired) electrons. The maximum Gasteiger partial charge on any atom is 0.254 e. The first kappa shape index (κ1) is 15.0. The molecule has 1 aromatic rings. The zero-order chi connectivity index (χ0) is 13.0. The Morgan fingerprint density at radius 3 is 2.76 bits per heavy atom. The maximum atomic E-state index is 12.2. The molecule has 0 heterocycles. The van der Waals surface area contributed by atoms with E-state index >= 15 is 0 Å². The van der Waals surface area contributed by atoms with Crippen molar-refractivity contribution >= 4 is 49.4 Å². The van der Waals surface area contributed by atoms with Gasteiger partial charge in [-0.15, -0.1) is 0 Å². The number of carbonyl (C=O) groups is 1. The highest BCUT2D eigenvalue weighted by Crippen LogP contribution is 2.22. The van der Waals surface area contributed by atoms with Gasteiger partial charge in [0.2, 0.25) is 0 Å². The van der Waals surface area contributed by atoms with Gasteiger partial charge in [-0.1, -0.05) is 34.5 Å². The lowest BCUT2D eigenvalue weighted by atomic mass is 10.2. The standard InChI is InChI=1S/C12H14Br2ClNO/c1-8(13)5-6-16(2)12(17)10-7-9(15)3-4-11(10)14/h3-4,7-8H,5-6H2,1-2H3. The predicted molar refractivity (Wildman–Crippen MR) is 79.1 cm³/mol. The van der Waals surface area contributed by atoms with Crippen molar-refractivity contribution in [3.8, 4) is 0 Å². The molecular formula is C12H14Br2ClNO. The van der Waals surface area contributed by atoms with Crippen molar-refractivity contribution in [3.63, 3.8) is 0 Å². The first-order valence-electron chi connectivity index (χ1n) is 5.26. The number of amides is 1. The lowest BCUT2D eigenvalue weighted by Crippen LogP contribution is -2.29. The second-order valence-corrected chi connectivity index (χ2v) is 6.77. The fourth-order valence-corrected chi connectivity index (χ4v) is 2.13. The van der Waals surface area contributed by atoms with E-state index in [2.05, 4.69) is 38.8 Å². The highest BCUT2D eigenvalue weighted by atomic mass is 79.9. The summed E-state index contributed by atoms with van der Waals surface area (Å²) in [5, 5.41) is 0.568. The van der Waals surface area contributed by atoms with Gasteiger partial charge in [-0.2, -0.15) is 0 Å². The van der Waals surface area contributed by atoms with Crippen molar-refractivity contribution in [1.29, 1.82) is 0 Å². The molecule has 0 bridgehead atoms. The molecule has 0 saturated heterocycles. The zero-order valence-electron chi connectivity index (χ0n) is 9.71. The van der Waals surface area contributed by atoms with Crippen LogP contribution in [-0.2, 0) is 0 Å². The monoisotopic (exact) mass is 381 g/mol. The van der Waals surface area contributed by atoms with E-state index in [9.17, 15) is 4.79 Å². The van der Waals surface area contributed by atoms with Gasteiger partial charge in [-0.05, 0) is 40.5 Å². The summed E-state index contributed by atoms with van der Waals surface area (Å²) in [6.45, 7) is 2.78. The molecule has 1 atom stereocenters. The van der Waals surface area contributed by atoms with Gasteiger partial charge in [-0.3, -0.25) is 4.79 Å². The number of hydrogen-bond donors (Lipinski definition) is 0. The number of alkyl halides is 1. The van der Waals surface area contributed by atoms with Crippen molar-refractivity contribution in [1.82, 2.24) is 4.90 Å². The molecule has 2 nitrogen and oxygen atoms in total. The van der Waals surface area contributed by atoms with E-state index in [1.165, 1.54) is 0 Å². The van der Waals surface area contributed by atoms with Gasteiger partial charge in [0.15, 0.2) is 0 Å². The number of carbonyl (C=O) groups excluding carboxylic acids is 1. The molecule has 1 amide bonds. The van der Waals surface area contributed by atoms with Crippen LogP contribution in [0, 0.1) is 0 Å². The molecule has 1 unspecified atom stereocenters. The van der Waals surface area contributed by atoms with Crippen LogP contribution in [0.25, 0.3) is 0 Å². The van der Waals surface area contributed by atoms with Crippen LogP contribution >= 0.6 is 43.5 Å². The highest BCUT2D eigenvalue weighted by Gasteiger charge is 2.15. The largest absolute Gasteiger partial charge is 0.342 e. The van der Waals surface area contributed by atoms with Crippen molar-refractivity contribution in [2.24, 2.45) is 0 Å². The molecule has 0 fully saturated rings. The van der Waals surface area contributed by atoms with Crippen LogP contribution in [0.15, 0.2) is 22.7 Å². The van der Waals surface area contributed by atoms with Crippen LogP contribution in [-0.4, -0.2) is 29.2 Å². The summed E-state index contributed by atoms with van der Waals surface area (Å²) in [6.07, 6.45) is 0.917. The lowest BCUT2D eigenvalue weighted by Gasteiger charge is -2.18. The molecule has 1 aromatic carbocycles. The average Bonchev–Trinajstić information content (AvgIpc) is 2.28. The molecule has 0 aliphatic carbocycles. The van der Waals surface area contributed by atoms with Crippen LogP contribution in [0.2, 0.25) is 5.02 Å². The number of hydrogen-bond acceptors (Lipinski definition) is 1. The molecule has 0 aromatic heterocycles. The van der Waals surface area contributed by atoms with E-state index in [4.69, 9.17) is 11.6 Å². The minimum atomic E-state index is -0.0208. The van der Waals surface area contributed by atoms with Crippen LogP contribution < -0.4 is 0 Å². The summed E-state index contributed by atoms with van der Waals surface area (Å²) in [7, 11) is 1.80. The topological polar surface area (TPSA) is 20.3 Å². The van der Waals surface area contributed by atoms with Crippen LogP contribution in [0.4, 0.5) is 0 Å². The Morgan fingerprint density at radius 1 is 1.53 bits per heavy atom. The van der Waals surface area contributed by atoms with Gasteiger partial charge in [0.05, 0.1) is 5.56 Å². The minimum absolute atomic E-state index is 0.0208. The fraction of sp³-hybridized carbons (Fsp3) is 0.417. The summed E-state index contributed by atoms with van der Waals surface area (Å²) in [4.78, 5) is 14.3. The van der Waals surface area contributed by atoms with Crippen molar-refractivity contribution in [2.45, 2.75) is 18.2 Å². The summed E-state index contributed by atoms with van der Waals surface area (Å²) in [5.41, 5.74) is 0.599. The quantitative estimate of drug-likeness (QED) is 0.708. The van der Waals surface area contributed by atoms with Crippen LogP contribution in [0.1, 0.15) is 23.7 Å². The molecule has 0 N–H and O–H groups in total. The fourth-order valence-electron chi connectivity index (χ4n) is 1.34. The van der Waals surface area contributed by atoms with Gasteiger partial charge in [-0.25, -0.2) is 0 Å². The predicted octanol–water partition coefficient (Wildman–Crippen LogP) is 4.35. The Labute approximate surface area is 124 Å². The number of rotatable bonds is 4. The molecule has 0 spiro atoms. The van der Waals surface area contributed by atoms with Crippen molar-refractivity contribution < 1.29 is 4.79 Å². The van der Waals surface area contributed by atoms with Crippen molar-refractivity contribution in [2.75, 3.05) is 13.6 Å². The maximum absolute atomic E-state index is 12.2. The summed E-state index contributed by atoms with van der Waals surface area (Å²) in [5.74, 6) is -0.0208. The Morgan fingerprint density at radius 2 is 2.18 bits per heavy atom. The smallest absolute Gasteiger partial charge is 0.254 e. The number of nitrogens with zero attached hydrogens (tertiary/aromatic N) is 1. The summed E-state index contributed by atoms with van der Waals surface area (Å²) < 4.78 is 0.769. The lowest BCUT2D eigenvalue weighted by molar-refractivity contribution is 0.0793. The Balaban J connectivity index is 2.78. The van der Waals surface area contributed by atoms with Crippen LogP contribution in [0.3, 0.4) is 0 Å². The Bertz CT molecular complexity index is 409. The molecule has 0 saturated carbocycles. The minimum Gasteiger partial charge on any atom is -0.342 e. The zero-order valence-corrected chi connectivity index (χ0v) is 13.6. The normalized spacial score (nSPS) is 12.3. The first-order chi connectivity index (χ1) is 7.91. The first-order valence-corrected chi connectivity index (χ1v) is 7.35. The Kier molecular flexibility index (Phi) is 5.97. The van der Waals surface area contributed by atoms with Gasteiger partial charge in [0.1, 0.15) is 0 Å². The van der Waals surface area contributed by atoms with E-state index in [1.54, 1.807) is 30.1 Å². The SMILES string of the molecule is CC(Br)CCN(C)C(=O)c1cc(Cl)ccc1Br. The van der Waals surface area contributed by atoms with Crippen molar-refractivity contribution in [3.05, 3.63) is 33.3 Å². The van der Waals surface area contributed by atoms with E-state index in [0.717, 1.165) is 10.9 Å². The molecule has 0 aliphatic heterocycles. The second kappa shape index (κ2) is 6.76. The molecule has 17 heavy (non-hydrogen) atoms. The third-order valence-corrected chi connectivity index (χ3v) is 3.75. The second-order valence-electron chi connectivity index (χ2n) is 3.92. The molecule has 0 aliphatic rings. The van der Waals surface area contributed by atoms with Gasteiger partial charge >= 0.3 is 0 Å². The van der Waals surface area contributed by atoms with E-state index < -0.39 is 0 Å². The molecular weight excluding hydrogens is 369 g/mol. The molecule has 94 valence electrons. The number of halogens is 3. The van der Waals surface area contributed by atoms with Crippen LogP contribution in [0.5, 0.6) is 0 Å². The summed E-state index contributed by atoms with van der Waals surface area (Å²) >= 11 is 12.7.